The van der Waals surface area contributed by atoms with Gasteiger partial charge in [0, 0.05) is 15.9 Å². The van der Waals surface area contributed by atoms with E-state index in [1.165, 1.54) is 0 Å². The molecule has 0 saturated heterocycles. The Labute approximate surface area is 125 Å². The van der Waals surface area contributed by atoms with Gasteiger partial charge in [0.05, 0.1) is 12.1 Å². The third-order valence-corrected chi connectivity index (χ3v) is 3.51. The van der Waals surface area contributed by atoms with Gasteiger partial charge in [-0.3, -0.25) is 4.79 Å². The van der Waals surface area contributed by atoms with Gasteiger partial charge in [-0.05, 0) is 25.1 Å². The molecule has 100 valence electrons. The molecule has 1 amide bonds. The van der Waals surface area contributed by atoms with Gasteiger partial charge in [0.15, 0.2) is 5.82 Å². The summed E-state index contributed by atoms with van der Waals surface area (Å²) in [6.45, 7) is 3.11. The van der Waals surface area contributed by atoms with Crippen LogP contribution in [0.1, 0.15) is 23.1 Å². The quantitative estimate of drug-likeness (QED) is 0.839. The number of halogens is 1. The minimum atomic E-state index is -0.178. The van der Waals surface area contributed by atoms with Gasteiger partial charge in [0.1, 0.15) is 6.33 Å². The van der Waals surface area contributed by atoms with Crippen LogP contribution in [-0.4, -0.2) is 20.7 Å². The molecule has 0 radical (unpaired) electrons. The molecule has 0 aliphatic rings. The average Bonchev–Trinajstić information content (AvgIpc) is 2.83. The Morgan fingerprint density at radius 2 is 2.32 bits per heavy atom. The van der Waals surface area contributed by atoms with Crippen molar-refractivity contribution in [2.75, 3.05) is 0 Å². The average molecular weight is 341 g/mol. The van der Waals surface area contributed by atoms with Crippen LogP contribution >= 0.6 is 28.6 Å². The van der Waals surface area contributed by atoms with Crippen LogP contribution < -0.4 is 5.32 Å². The maximum atomic E-state index is 12.0. The van der Waals surface area contributed by atoms with Crippen molar-refractivity contribution < 1.29 is 4.79 Å². The summed E-state index contributed by atoms with van der Waals surface area (Å²) in [5, 5.41) is 10.6. The molecule has 0 unspecified atom stereocenters. The summed E-state index contributed by atoms with van der Waals surface area (Å²) in [6.07, 6.45) is 1.64. The van der Waals surface area contributed by atoms with Gasteiger partial charge in [-0.1, -0.05) is 15.9 Å². The highest BCUT2D eigenvalue weighted by molar-refractivity contribution is 9.10. The van der Waals surface area contributed by atoms with Crippen LogP contribution in [0.2, 0.25) is 0 Å². The van der Waals surface area contributed by atoms with Crippen molar-refractivity contribution in [3.8, 4) is 0 Å². The third kappa shape index (κ3) is 3.36. The molecule has 0 fully saturated rings. The molecular weight excluding hydrogens is 328 g/mol. The summed E-state index contributed by atoms with van der Waals surface area (Å²) >= 11 is 7.62. The van der Waals surface area contributed by atoms with Crippen LogP contribution in [0.15, 0.2) is 33.9 Å². The Kier molecular flexibility index (Phi) is 4.60. The number of rotatable bonds is 4. The number of benzene rings is 1. The maximum Gasteiger partial charge on any atom is 0.252 e. The number of carbonyl (C=O) groups is 1. The first kappa shape index (κ1) is 14.1. The second kappa shape index (κ2) is 6.21. The zero-order chi connectivity index (χ0) is 13.8. The molecule has 0 spiro atoms. The van der Waals surface area contributed by atoms with E-state index in [0.717, 1.165) is 16.8 Å². The molecule has 7 heteroatoms. The zero-order valence-corrected chi connectivity index (χ0v) is 12.8. The second-order valence-corrected chi connectivity index (χ2v) is 5.27. The molecule has 1 heterocycles. The van der Waals surface area contributed by atoms with Gasteiger partial charge in [0.2, 0.25) is 0 Å². The Hall–Kier alpha value is -1.34. The van der Waals surface area contributed by atoms with Gasteiger partial charge < -0.3 is 9.88 Å². The highest BCUT2D eigenvalue weighted by atomic mass is 79.9. The summed E-state index contributed by atoms with van der Waals surface area (Å²) in [4.78, 5) is 12.7. The van der Waals surface area contributed by atoms with E-state index in [-0.39, 0.29) is 5.91 Å². The van der Waals surface area contributed by atoms with E-state index >= 15 is 0 Å². The fraction of sp³-hybridized carbons (Fsp3) is 0.250. The molecule has 2 rings (SSSR count). The molecule has 19 heavy (non-hydrogen) atoms. The van der Waals surface area contributed by atoms with Crippen molar-refractivity contribution in [1.29, 1.82) is 0 Å². The first-order valence-corrected chi connectivity index (χ1v) is 6.99. The van der Waals surface area contributed by atoms with Crippen molar-refractivity contribution in [2.24, 2.45) is 0 Å². The second-order valence-electron chi connectivity index (χ2n) is 3.88. The maximum absolute atomic E-state index is 12.0. The van der Waals surface area contributed by atoms with Crippen molar-refractivity contribution >= 4 is 34.5 Å². The van der Waals surface area contributed by atoms with Crippen molar-refractivity contribution in [3.63, 3.8) is 0 Å². The summed E-state index contributed by atoms with van der Waals surface area (Å²) < 4.78 is 2.77. The lowest BCUT2D eigenvalue weighted by Crippen LogP contribution is -2.25. The van der Waals surface area contributed by atoms with Crippen LogP contribution in [0, 0.1) is 0 Å². The molecule has 0 bridgehead atoms. The van der Waals surface area contributed by atoms with Gasteiger partial charge >= 0.3 is 0 Å². The lowest BCUT2D eigenvalue weighted by Gasteiger charge is -2.08. The van der Waals surface area contributed by atoms with E-state index < -0.39 is 0 Å². The van der Waals surface area contributed by atoms with Crippen LogP contribution in [0.5, 0.6) is 0 Å². The molecule has 0 aliphatic heterocycles. The molecule has 5 nitrogen and oxygen atoms in total. The lowest BCUT2D eigenvalue weighted by atomic mass is 10.2. The number of carbonyl (C=O) groups excluding carboxylic acids is 1. The fourth-order valence-corrected chi connectivity index (χ4v) is 2.48. The predicted octanol–water partition coefficient (Wildman–Crippen LogP) is 2.28. The highest BCUT2D eigenvalue weighted by Crippen LogP contribution is 2.19. The monoisotopic (exact) mass is 340 g/mol. The van der Waals surface area contributed by atoms with Crippen molar-refractivity contribution in [3.05, 3.63) is 40.4 Å². The largest absolute Gasteiger partial charge is 0.345 e. The number of thiol groups is 1. The molecule has 0 aliphatic carbocycles. The smallest absolute Gasteiger partial charge is 0.252 e. The third-order valence-electron chi connectivity index (χ3n) is 2.65. The van der Waals surface area contributed by atoms with Crippen LogP contribution in [-0.2, 0) is 13.1 Å². The van der Waals surface area contributed by atoms with Crippen LogP contribution in [0.3, 0.4) is 0 Å². The van der Waals surface area contributed by atoms with Gasteiger partial charge in [-0.25, -0.2) is 0 Å². The Balaban J connectivity index is 2.05. The number of aromatic nitrogens is 3. The van der Waals surface area contributed by atoms with E-state index in [0.29, 0.717) is 17.0 Å². The predicted molar refractivity (Wildman–Crippen MR) is 78.3 cm³/mol. The molecule has 1 aromatic carbocycles. The number of aryl methyl sites for hydroxylation is 1. The van der Waals surface area contributed by atoms with E-state index in [2.05, 4.69) is 44.1 Å². The van der Waals surface area contributed by atoms with Crippen LogP contribution in [0.4, 0.5) is 0 Å². The molecule has 0 saturated carbocycles. The first-order valence-electron chi connectivity index (χ1n) is 5.75. The van der Waals surface area contributed by atoms with E-state index in [4.69, 9.17) is 0 Å². The summed E-state index contributed by atoms with van der Waals surface area (Å²) in [5.74, 6) is 0.553. The zero-order valence-electron chi connectivity index (χ0n) is 10.3. The topological polar surface area (TPSA) is 59.8 Å². The van der Waals surface area contributed by atoms with E-state index in [9.17, 15) is 4.79 Å². The Bertz CT molecular complexity index is 599. The molecule has 1 aromatic heterocycles. The number of nitrogens with one attached hydrogen (secondary N) is 1. The Morgan fingerprint density at radius 3 is 3.00 bits per heavy atom. The molecular formula is C12H13BrN4OS. The first-order chi connectivity index (χ1) is 9.11. The SMILES string of the molecule is CCn1cnnc1CNC(=O)c1ccc(Br)cc1S. The molecule has 0 atom stereocenters. The Morgan fingerprint density at radius 1 is 1.53 bits per heavy atom. The number of amides is 1. The van der Waals surface area contributed by atoms with Crippen molar-refractivity contribution in [2.45, 2.75) is 24.9 Å². The molecule has 2 aromatic rings. The minimum absolute atomic E-state index is 0.178. The number of hydrogen-bond donors (Lipinski definition) is 2. The van der Waals surface area contributed by atoms with Gasteiger partial charge in [-0.15, -0.1) is 22.8 Å². The molecule has 1 N–H and O–H groups in total. The van der Waals surface area contributed by atoms with E-state index in [1.54, 1.807) is 18.5 Å². The summed E-state index contributed by atoms with van der Waals surface area (Å²) in [6, 6.07) is 5.32. The van der Waals surface area contributed by atoms with Gasteiger partial charge in [-0.2, -0.15) is 0 Å². The summed E-state index contributed by atoms with van der Waals surface area (Å²) in [7, 11) is 0. The minimum Gasteiger partial charge on any atom is -0.345 e. The highest BCUT2D eigenvalue weighted by Gasteiger charge is 2.11. The number of hydrogen-bond acceptors (Lipinski definition) is 4. The van der Waals surface area contributed by atoms with Crippen molar-refractivity contribution in [1.82, 2.24) is 20.1 Å². The fourth-order valence-electron chi connectivity index (χ4n) is 1.63. The number of nitrogens with zero attached hydrogens (tertiary/aromatic N) is 3. The van der Waals surface area contributed by atoms with E-state index in [1.807, 2.05) is 17.6 Å². The van der Waals surface area contributed by atoms with Crippen LogP contribution in [0.25, 0.3) is 0 Å². The normalized spacial score (nSPS) is 10.5. The lowest BCUT2D eigenvalue weighted by molar-refractivity contribution is 0.0946. The summed E-state index contributed by atoms with van der Waals surface area (Å²) in [5.41, 5.74) is 0.536. The van der Waals surface area contributed by atoms with Gasteiger partial charge in [0.25, 0.3) is 5.91 Å². The standard InChI is InChI=1S/C12H13BrN4OS/c1-2-17-7-15-16-11(17)6-14-12(18)9-4-3-8(13)5-10(9)19/h3-5,7,19H,2,6H2,1H3,(H,14,18).